The van der Waals surface area contributed by atoms with Crippen molar-refractivity contribution in [1.82, 2.24) is 9.13 Å². The molecule has 2 heterocycles. The molecule has 0 amide bonds. The Kier molecular flexibility index (Phi) is 11.6. The molecule has 0 atom stereocenters. The third kappa shape index (κ3) is 7.22. The van der Waals surface area contributed by atoms with Gasteiger partial charge in [0.05, 0.1) is 33.4 Å². The van der Waals surface area contributed by atoms with Crippen LogP contribution in [-0.2, 0) is 0 Å². The van der Waals surface area contributed by atoms with Gasteiger partial charge in [-0.25, -0.2) is 0 Å². The lowest BCUT2D eigenvalue weighted by Gasteiger charge is -2.28. The summed E-state index contributed by atoms with van der Waals surface area (Å²) in [4.78, 5) is 30.6. The Morgan fingerprint density at radius 1 is 0.300 bits per heavy atom. The Labute approximate surface area is 358 Å². The molecule has 0 saturated carbocycles. The molecule has 314 valence electrons. The van der Waals surface area contributed by atoms with E-state index in [9.17, 15) is 0 Å². The number of rotatable bonds is 10. The Morgan fingerprint density at radius 2 is 0.567 bits per heavy atom. The van der Waals surface area contributed by atoms with Crippen LogP contribution in [0, 0.1) is 0 Å². The van der Waals surface area contributed by atoms with E-state index >= 15 is 9.59 Å². The summed E-state index contributed by atoms with van der Waals surface area (Å²) < 4.78 is 4.72. The van der Waals surface area contributed by atoms with Gasteiger partial charge in [-0.05, 0) is 128 Å². The van der Waals surface area contributed by atoms with Crippen molar-refractivity contribution >= 4 is 43.6 Å². The van der Waals surface area contributed by atoms with Crippen LogP contribution in [0.15, 0.2) is 82.4 Å². The van der Waals surface area contributed by atoms with Crippen LogP contribution in [0.5, 0.6) is 0 Å². The summed E-state index contributed by atoms with van der Waals surface area (Å²) in [7, 11) is 0. The number of nitrogens with zero attached hydrogens (tertiary/aromatic N) is 2. The molecule has 7 rings (SSSR count). The minimum absolute atomic E-state index is 0.0113. The van der Waals surface area contributed by atoms with Gasteiger partial charge < -0.3 is 9.13 Å². The highest BCUT2D eigenvalue weighted by atomic mass is 16.1. The molecule has 0 saturated heterocycles. The van der Waals surface area contributed by atoms with E-state index in [2.05, 4.69) is 181 Å². The Bertz CT molecular complexity index is 2670. The molecule has 0 radical (unpaired) electrons. The zero-order valence-electron chi connectivity index (χ0n) is 39.3. The number of benzene rings is 5. The molecule has 2 aromatic heterocycles. The van der Waals surface area contributed by atoms with E-state index in [0.717, 1.165) is 33.4 Å². The average molecular weight is 801 g/mol. The van der Waals surface area contributed by atoms with Crippen LogP contribution in [0.2, 0.25) is 0 Å². The van der Waals surface area contributed by atoms with Gasteiger partial charge >= 0.3 is 0 Å². The molecular weight excluding hydrogens is 733 g/mol. The molecule has 0 aliphatic carbocycles. The van der Waals surface area contributed by atoms with Gasteiger partial charge in [0.1, 0.15) is 0 Å². The fourth-order valence-corrected chi connectivity index (χ4v) is 9.26. The lowest BCUT2D eigenvalue weighted by Crippen LogP contribution is -2.18. The van der Waals surface area contributed by atoms with Crippen LogP contribution < -0.4 is 10.9 Å². The monoisotopic (exact) mass is 801 g/mol. The summed E-state index contributed by atoms with van der Waals surface area (Å²) in [6.07, 6.45) is 0. The molecule has 5 aromatic carbocycles. The minimum Gasteiger partial charge on any atom is -0.308 e. The highest BCUT2D eigenvalue weighted by Gasteiger charge is 2.27. The molecular formula is C56H68N2O2. The van der Waals surface area contributed by atoms with Crippen LogP contribution in [0.25, 0.3) is 55.0 Å². The van der Waals surface area contributed by atoms with Gasteiger partial charge in [-0.1, -0.05) is 147 Å². The third-order valence-electron chi connectivity index (χ3n) is 13.1. The van der Waals surface area contributed by atoms with E-state index < -0.39 is 0 Å². The normalized spacial score (nSPS) is 12.7. The Balaban J connectivity index is 1.81. The summed E-state index contributed by atoms with van der Waals surface area (Å²) in [5.41, 5.74) is 15.5. The van der Waals surface area contributed by atoms with Crippen molar-refractivity contribution in [2.24, 2.45) is 0 Å². The maximum atomic E-state index is 15.3. The Morgan fingerprint density at radius 3 is 0.817 bits per heavy atom. The summed E-state index contributed by atoms with van der Waals surface area (Å²) in [6, 6.07) is 26.4. The van der Waals surface area contributed by atoms with Gasteiger partial charge in [0.25, 0.3) is 0 Å². The van der Waals surface area contributed by atoms with Gasteiger partial charge in [-0.3, -0.25) is 9.59 Å². The first-order valence-corrected chi connectivity index (χ1v) is 22.7. The smallest absolute Gasteiger partial charge is 0.197 e. The quantitative estimate of drug-likeness (QED) is 0.129. The molecule has 7 aromatic rings. The second kappa shape index (κ2) is 16.1. The minimum atomic E-state index is -0.0113. The van der Waals surface area contributed by atoms with E-state index in [0.29, 0.717) is 33.4 Å². The van der Waals surface area contributed by atoms with Crippen molar-refractivity contribution in [2.45, 2.75) is 158 Å². The number of fused-ring (bicyclic) bond motifs is 4. The van der Waals surface area contributed by atoms with Gasteiger partial charge in [0.15, 0.2) is 10.9 Å². The zero-order chi connectivity index (χ0) is 43.8. The number of pyridine rings is 2. The molecule has 0 aliphatic heterocycles. The second-order valence-electron chi connectivity index (χ2n) is 20.1. The first-order chi connectivity index (χ1) is 28.2. The molecule has 0 aliphatic rings. The topological polar surface area (TPSA) is 44.0 Å². The zero-order valence-corrected chi connectivity index (χ0v) is 39.3. The van der Waals surface area contributed by atoms with Gasteiger partial charge in [0.2, 0.25) is 0 Å². The summed E-state index contributed by atoms with van der Waals surface area (Å²) in [5.74, 6) is 2.10. The maximum absolute atomic E-state index is 15.3. The average Bonchev–Trinajstić information content (AvgIpc) is 3.19. The van der Waals surface area contributed by atoms with Gasteiger partial charge in [-0.2, -0.15) is 0 Å². The van der Waals surface area contributed by atoms with Crippen molar-refractivity contribution in [3.63, 3.8) is 0 Å². The van der Waals surface area contributed by atoms with Crippen molar-refractivity contribution in [3.8, 4) is 11.4 Å². The largest absolute Gasteiger partial charge is 0.308 e. The molecule has 0 bridgehead atoms. The van der Waals surface area contributed by atoms with Crippen LogP contribution in [0.4, 0.5) is 0 Å². The van der Waals surface area contributed by atoms with E-state index in [1.807, 2.05) is 12.1 Å². The molecule has 4 nitrogen and oxygen atoms in total. The fourth-order valence-electron chi connectivity index (χ4n) is 9.26. The highest BCUT2D eigenvalue weighted by molar-refractivity contribution is 6.06. The van der Waals surface area contributed by atoms with Crippen LogP contribution in [0.1, 0.15) is 203 Å². The maximum Gasteiger partial charge on any atom is 0.197 e. The van der Waals surface area contributed by atoms with Crippen LogP contribution in [0.3, 0.4) is 0 Å². The van der Waals surface area contributed by atoms with E-state index in [1.165, 1.54) is 44.5 Å². The first kappa shape index (κ1) is 43.1. The number of hydrogen-bond acceptors (Lipinski definition) is 2. The van der Waals surface area contributed by atoms with E-state index in [1.54, 1.807) is 0 Å². The van der Waals surface area contributed by atoms with Crippen molar-refractivity contribution in [3.05, 3.63) is 138 Å². The molecule has 0 fully saturated rings. The standard InChI is InChI=1S/C56H68N2O2/c1-29(2)37-17-19-41-49(25-37)57(53-43(33(9)10)21-39(31(5)6)22-44(53)34(11)12)51-27-48-52(28-47(51)55(41)59)58(50-26-38(30(3)4)18-20-42(50)56(48)60)54-45(35(13)14)23-40(32(7)8)24-46(54)36(15)16/h17-36H,1-16H3. The van der Waals surface area contributed by atoms with Crippen molar-refractivity contribution < 1.29 is 0 Å². The van der Waals surface area contributed by atoms with E-state index in [-0.39, 0.29) is 46.4 Å². The van der Waals surface area contributed by atoms with E-state index in [4.69, 9.17) is 0 Å². The molecule has 0 N–H and O–H groups in total. The molecule has 4 heteroatoms. The Hall–Kier alpha value is -4.96. The predicted molar refractivity (Wildman–Crippen MR) is 260 cm³/mol. The third-order valence-corrected chi connectivity index (χ3v) is 13.1. The number of hydrogen-bond donors (Lipinski definition) is 0. The molecule has 0 spiro atoms. The van der Waals surface area contributed by atoms with Gasteiger partial charge in [-0.15, -0.1) is 0 Å². The van der Waals surface area contributed by atoms with Crippen molar-refractivity contribution in [2.75, 3.05) is 0 Å². The predicted octanol–water partition coefficient (Wildman–Crippen LogP) is 15.6. The molecule has 0 unspecified atom stereocenters. The summed E-state index contributed by atoms with van der Waals surface area (Å²) in [5, 5.41) is 2.61. The van der Waals surface area contributed by atoms with Crippen molar-refractivity contribution in [1.29, 1.82) is 0 Å². The first-order valence-electron chi connectivity index (χ1n) is 22.7. The summed E-state index contributed by atoms with van der Waals surface area (Å²) in [6.45, 7) is 36.1. The lowest BCUT2D eigenvalue weighted by molar-refractivity contribution is 0.789. The molecule has 60 heavy (non-hydrogen) atoms. The second-order valence-corrected chi connectivity index (χ2v) is 20.1. The van der Waals surface area contributed by atoms with Crippen LogP contribution in [-0.4, -0.2) is 9.13 Å². The summed E-state index contributed by atoms with van der Waals surface area (Å²) >= 11 is 0. The SMILES string of the molecule is CC(C)c1cc(C(C)C)c(-n2c3cc(C(C)C)ccc3c(=O)c3cc4c(cc32)c(=O)c2ccc(C(C)C)cc2n4-c2c(C(C)C)cc(C(C)C)cc2C(C)C)c(C(C)C)c1. The van der Waals surface area contributed by atoms with Gasteiger partial charge in [0, 0.05) is 21.5 Å². The van der Waals surface area contributed by atoms with Crippen LogP contribution >= 0.6 is 0 Å². The fraction of sp³-hybridized carbons (Fsp3) is 0.429. The lowest BCUT2D eigenvalue weighted by atomic mass is 9.86. The number of aromatic nitrogens is 2. The highest BCUT2D eigenvalue weighted by Crippen LogP contribution is 2.42.